The Morgan fingerprint density at radius 1 is 0.897 bits per heavy atom. The van der Waals surface area contributed by atoms with Gasteiger partial charge in [0.15, 0.2) is 0 Å². The fourth-order valence-corrected chi connectivity index (χ4v) is 5.76. The summed E-state index contributed by atoms with van der Waals surface area (Å²) in [4.78, 5) is 25.0. The zero-order valence-corrected chi connectivity index (χ0v) is 21.4. The molecule has 0 atom stereocenters. The molecule has 39 heavy (non-hydrogen) atoms. The van der Waals surface area contributed by atoms with Gasteiger partial charge in [0.1, 0.15) is 5.69 Å². The number of H-pyrrole nitrogens is 2. The summed E-state index contributed by atoms with van der Waals surface area (Å²) in [5.41, 5.74) is 8.21. The standard InChI is InChI=1S/C31H28N6O2/c38-30(10-19-4-2-1-3-5-19)34-23-11-22(14-32-15-23)20-6-7-27-25(12-20)31(37-36-27)28-13-24-26(21-8-9-39-18-21)16-33-17-29(24)35-28/h6-9,11-19,35H,1-5,10H2,(H,34,38)(H,36,37). The molecule has 5 heterocycles. The van der Waals surface area contributed by atoms with Crippen LogP contribution in [0.25, 0.3) is 55.4 Å². The Bertz CT molecular complexity index is 1780. The average molecular weight is 517 g/mol. The molecule has 0 unspecified atom stereocenters. The molecule has 1 aromatic carbocycles. The Balaban J connectivity index is 1.19. The second kappa shape index (κ2) is 9.87. The van der Waals surface area contributed by atoms with Crippen molar-refractivity contribution >= 4 is 33.4 Å². The number of amides is 1. The summed E-state index contributed by atoms with van der Waals surface area (Å²) < 4.78 is 5.29. The number of anilines is 1. The van der Waals surface area contributed by atoms with Gasteiger partial charge in [-0.2, -0.15) is 5.10 Å². The van der Waals surface area contributed by atoms with E-state index >= 15 is 0 Å². The van der Waals surface area contributed by atoms with E-state index in [-0.39, 0.29) is 5.91 Å². The summed E-state index contributed by atoms with van der Waals surface area (Å²) in [5, 5.41) is 12.9. The van der Waals surface area contributed by atoms with E-state index in [1.54, 1.807) is 18.7 Å². The maximum absolute atomic E-state index is 12.7. The Morgan fingerprint density at radius 2 is 1.79 bits per heavy atom. The molecular formula is C31H28N6O2. The van der Waals surface area contributed by atoms with E-state index in [1.807, 2.05) is 42.9 Å². The van der Waals surface area contributed by atoms with E-state index in [1.165, 1.54) is 19.3 Å². The van der Waals surface area contributed by atoms with Gasteiger partial charge in [-0.05, 0) is 54.7 Å². The number of fused-ring (bicyclic) bond motifs is 2. The van der Waals surface area contributed by atoms with Gasteiger partial charge in [0.25, 0.3) is 0 Å². The molecule has 3 N–H and O–H groups in total. The molecule has 0 saturated heterocycles. The second-order valence-corrected chi connectivity index (χ2v) is 10.4. The molecule has 0 spiro atoms. The van der Waals surface area contributed by atoms with Gasteiger partial charge in [0.2, 0.25) is 5.91 Å². The zero-order valence-electron chi connectivity index (χ0n) is 21.4. The highest BCUT2D eigenvalue weighted by Gasteiger charge is 2.18. The summed E-state index contributed by atoms with van der Waals surface area (Å²) in [5.74, 6) is 0.560. The largest absolute Gasteiger partial charge is 0.472 e. The highest BCUT2D eigenvalue weighted by Crippen LogP contribution is 2.35. The van der Waals surface area contributed by atoms with Gasteiger partial charge >= 0.3 is 0 Å². The Morgan fingerprint density at radius 3 is 2.67 bits per heavy atom. The second-order valence-electron chi connectivity index (χ2n) is 10.4. The van der Waals surface area contributed by atoms with Crippen LogP contribution in [0.4, 0.5) is 5.69 Å². The SMILES string of the molecule is O=C(CC1CCCCC1)Nc1cncc(-c2ccc3[nH]nc(-c4cc5c(-c6ccoc6)cncc5[nH]4)c3c2)c1. The summed E-state index contributed by atoms with van der Waals surface area (Å²) >= 11 is 0. The van der Waals surface area contributed by atoms with Crippen molar-refractivity contribution in [3.8, 4) is 33.6 Å². The lowest BCUT2D eigenvalue weighted by Gasteiger charge is -2.20. The van der Waals surface area contributed by atoms with Crippen molar-refractivity contribution in [3.63, 3.8) is 0 Å². The summed E-state index contributed by atoms with van der Waals surface area (Å²) in [6.45, 7) is 0. The van der Waals surface area contributed by atoms with Crippen LogP contribution in [0, 0.1) is 5.92 Å². The third-order valence-corrected chi connectivity index (χ3v) is 7.75. The van der Waals surface area contributed by atoms with Gasteiger partial charge in [-0.15, -0.1) is 0 Å². The zero-order chi connectivity index (χ0) is 26.2. The van der Waals surface area contributed by atoms with Crippen LogP contribution in [0.3, 0.4) is 0 Å². The van der Waals surface area contributed by atoms with Crippen molar-refractivity contribution < 1.29 is 9.21 Å². The minimum atomic E-state index is 0.0662. The number of carbonyl (C=O) groups excluding carboxylic acids is 1. The fourth-order valence-electron chi connectivity index (χ4n) is 5.76. The number of aromatic amines is 2. The molecule has 8 heteroatoms. The fraction of sp³-hybridized carbons (Fsp3) is 0.226. The van der Waals surface area contributed by atoms with Crippen molar-refractivity contribution in [2.24, 2.45) is 5.92 Å². The van der Waals surface area contributed by atoms with Crippen molar-refractivity contribution in [1.82, 2.24) is 25.1 Å². The molecule has 1 fully saturated rings. The van der Waals surface area contributed by atoms with Crippen molar-refractivity contribution in [2.45, 2.75) is 38.5 Å². The van der Waals surface area contributed by atoms with E-state index in [0.29, 0.717) is 12.3 Å². The van der Waals surface area contributed by atoms with Gasteiger partial charge in [-0.1, -0.05) is 25.3 Å². The molecule has 1 amide bonds. The average Bonchev–Trinajstić information content (AvgIpc) is 3.73. The normalized spacial score (nSPS) is 14.3. The number of benzene rings is 1. The monoisotopic (exact) mass is 516 g/mol. The number of hydrogen-bond donors (Lipinski definition) is 3. The Hall–Kier alpha value is -4.72. The third-order valence-electron chi connectivity index (χ3n) is 7.75. The van der Waals surface area contributed by atoms with Crippen LogP contribution in [-0.2, 0) is 4.79 Å². The first-order valence-corrected chi connectivity index (χ1v) is 13.4. The minimum absolute atomic E-state index is 0.0662. The van der Waals surface area contributed by atoms with Crippen LogP contribution >= 0.6 is 0 Å². The van der Waals surface area contributed by atoms with Gasteiger partial charge in [-0.25, -0.2) is 0 Å². The summed E-state index contributed by atoms with van der Waals surface area (Å²) in [6.07, 6.45) is 17.2. The molecule has 0 bridgehead atoms. The van der Waals surface area contributed by atoms with Gasteiger partial charge < -0.3 is 14.7 Å². The van der Waals surface area contributed by atoms with E-state index in [0.717, 1.165) is 74.0 Å². The maximum atomic E-state index is 12.7. The first-order valence-electron chi connectivity index (χ1n) is 13.4. The molecule has 1 aliphatic carbocycles. The molecule has 5 aromatic heterocycles. The maximum Gasteiger partial charge on any atom is 0.224 e. The van der Waals surface area contributed by atoms with E-state index < -0.39 is 0 Å². The Labute approximate surface area is 224 Å². The van der Waals surface area contributed by atoms with Crippen LogP contribution in [0.2, 0.25) is 0 Å². The number of aromatic nitrogens is 5. The first-order chi connectivity index (χ1) is 19.2. The van der Waals surface area contributed by atoms with Gasteiger partial charge in [-0.3, -0.25) is 19.9 Å². The van der Waals surface area contributed by atoms with Crippen LogP contribution < -0.4 is 5.32 Å². The third kappa shape index (κ3) is 4.58. The molecule has 0 radical (unpaired) electrons. The van der Waals surface area contributed by atoms with Crippen LogP contribution in [0.1, 0.15) is 38.5 Å². The molecule has 1 saturated carbocycles. The topological polar surface area (TPSA) is 112 Å². The van der Waals surface area contributed by atoms with E-state index in [2.05, 4.69) is 42.6 Å². The molecule has 0 aliphatic heterocycles. The highest BCUT2D eigenvalue weighted by atomic mass is 16.3. The number of pyridine rings is 2. The lowest BCUT2D eigenvalue weighted by molar-refractivity contribution is -0.117. The lowest BCUT2D eigenvalue weighted by Crippen LogP contribution is -2.18. The first kappa shape index (κ1) is 23.4. The number of nitrogens with zero attached hydrogens (tertiary/aromatic N) is 3. The number of rotatable bonds is 6. The number of furan rings is 1. The molecule has 8 nitrogen and oxygen atoms in total. The van der Waals surface area contributed by atoms with Crippen molar-refractivity contribution in [3.05, 3.63) is 73.7 Å². The van der Waals surface area contributed by atoms with Crippen LogP contribution in [-0.4, -0.2) is 31.1 Å². The molecule has 7 rings (SSSR count). The molecule has 194 valence electrons. The summed E-state index contributed by atoms with van der Waals surface area (Å²) in [7, 11) is 0. The van der Waals surface area contributed by atoms with Crippen LogP contribution in [0.5, 0.6) is 0 Å². The van der Waals surface area contributed by atoms with Crippen LogP contribution in [0.15, 0.2) is 78.1 Å². The molecule has 1 aliphatic rings. The predicted molar refractivity (Wildman–Crippen MR) is 152 cm³/mol. The van der Waals surface area contributed by atoms with Gasteiger partial charge in [0, 0.05) is 46.3 Å². The summed E-state index contributed by atoms with van der Waals surface area (Å²) in [6, 6.07) is 12.2. The molecule has 6 aromatic rings. The minimum Gasteiger partial charge on any atom is -0.472 e. The lowest BCUT2D eigenvalue weighted by atomic mass is 9.87. The highest BCUT2D eigenvalue weighted by molar-refractivity contribution is 6.01. The molecular weight excluding hydrogens is 488 g/mol. The number of hydrogen-bond acceptors (Lipinski definition) is 5. The van der Waals surface area contributed by atoms with E-state index in [4.69, 9.17) is 4.42 Å². The van der Waals surface area contributed by atoms with Gasteiger partial charge in [0.05, 0.1) is 47.3 Å². The smallest absolute Gasteiger partial charge is 0.224 e. The van der Waals surface area contributed by atoms with Crippen molar-refractivity contribution in [2.75, 3.05) is 5.32 Å². The number of nitrogens with one attached hydrogen (secondary N) is 3. The van der Waals surface area contributed by atoms with Crippen molar-refractivity contribution in [1.29, 1.82) is 0 Å². The number of carbonyl (C=O) groups is 1. The Kier molecular flexibility index (Phi) is 5.92. The quantitative estimate of drug-likeness (QED) is 0.214. The predicted octanol–water partition coefficient (Wildman–Crippen LogP) is 7.34. The van der Waals surface area contributed by atoms with E-state index in [9.17, 15) is 4.79 Å².